The van der Waals surface area contributed by atoms with Gasteiger partial charge in [0.1, 0.15) is 6.04 Å². The quantitative estimate of drug-likeness (QED) is 0.326. The molecule has 0 fully saturated rings. The summed E-state index contributed by atoms with van der Waals surface area (Å²) in [5, 5.41) is 14.2. The second-order valence-electron chi connectivity index (χ2n) is 3.89. The van der Waals surface area contributed by atoms with Gasteiger partial charge < -0.3 is 15.7 Å². The Labute approximate surface area is 106 Å². The fraction of sp³-hybridized carbons (Fsp3) is 0.778. The third-order valence-electron chi connectivity index (χ3n) is 1.83. The van der Waals surface area contributed by atoms with Crippen LogP contribution in [0.15, 0.2) is 0 Å². The number of carbonyl (C=O) groups is 2. The zero-order chi connectivity index (χ0) is 12.8. The summed E-state index contributed by atoms with van der Waals surface area (Å²) in [6.07, 6.45) is 0. The van der Waals surface area contributed by atoms with E-state index in [-0.39, 0.29) is 12.5 Å². The summed E-state index contributed by atoms with van der Waals surface area (Å²) in [5.74, 6) is -0.841. The standard InChI is InChI=1S/C9H18N2O3S2/c1-9(2,16)7(8(13)14)11-6(12)5-10-3-4-15/h7,10,15-16H,3-5H2,1-2H3,(H,11,12)(H,13,14)/t7-/m1/s1. The molecule has 1 amide bonds. The number of thiol groups is 2. The first-order chi connectivity index (χ1) is 7.29. The minimum absolute atomic E-state index is 0.0776. The van der Waals surface area contributed by atoms with Crippen LogP contribution < -0.4 is 10.6 Å². The summed E-state index contributed by atoms with van der Waals surface area (Å²) < 4.78 is -0.814. The smallest absolute Gasteiger partial charge is 0.327 e. The highest BCUT2D eigenvalue weighted by Gasteiger charge is 2.33. The molecule has 1 atom stereocenters. The van der Waals surface area contributed by atoms with Crippen LogP contribution in [0.25, 0.3) is 0 Å². The summed E-state index contributed by atoms with van der Waals surface area (Å²) in [6, 6.07) is -1.01. The number of nitrogens with one attached hydrogen (secondary N) is 2. The van der Waals surface area contributed by atoms with Gasteiger partial charge in [0.05, 0.1) is 6.54 Å². The monoisotopic (exact) mass is 266 g/mol. The fourth-order valence-electron chi connectivity index (χ4n) is 1.03. The lowest BCUT2D eigenvalue weighted by Crippen LogP contribution is -2.53. The van der Waals surface area contributed by atoms with Gasteiger partial charge >= 0.3 is 5.97 Å². The van der Waals surface area contributed by atoms with Crippen molar-refractivity contribution in [1.82, 2.24) is 10.6 Å². The van der Waals surface area contributed by atoms with Crippen LogP contribution >= 0.6 is 25.3 Å². The van der Waals surface area contributed by atoms with Crippen molar-refractivity contribution >= 4 is 37.1 Å². The van der Waals surface area contributed by atoms with E-state index in [4.69, 9.17) is 5.11 Å². The molecule has 3 N–H and O–H groups in total. The van der Waals surface area contributed by atoms with Crippen LogP contribution in [0.2, 0.25) is 0 Å². The minimum Gasteiger partial charge on any atom is -0.480 e. The van der Waals surface area contributed by atoms with Crippen molar-refractivity contribution in [2.45, 2.75) is 24.6 Å². The van der Waals surface area contributed by atoms with E-state index in [1.807, 2.05) is 0 Å². The highest BCUT2D eigenvalue weighted by atomic mass is 32.1. The molecule has 0 aliphatic rings. The van der Waals surface area contributed by atoms with Gasteiger partial charge in [-0.05, 0) is 13.8 Å². The highest BCUT2D eigenvalue weighted by Crippen LogP contribution is 2.17. The zero-order valence-corrected chi connectivity index (χ0v) is 11.1. The average Bonchev–Trinajstić information content (AvgIpc) is 2.12. The van der Waals surface area contributed by atoms with Gasteiger partial charge in [0.15, 0.2) is 0 Å². The first-order valence-corrected chi connectivity index (χ1v) is 5.93. The lowest BCUT2D eigenvalue weighted by molar-refractivity contribution is -0.142. The molecule has 94 valence electrons. The van der Waals surface area contributed by atoms with E-state index in [1.165, 1.54) is 0 Å². The molecule has 0 saturated heterocycles. The Hall–Kier alpha value is -0.400. The van der Waals surface area contributed by atoms with Crippen LogP contribution in [0.1, 0.15) is 13.8 Å². The Morgan fingerprint density at radius 3 is 2.38 bits per heavy atom. The Morgan fingerprint density at radius 1 is 1.44 bits per heavy atom. The third-order valence-corrected chi connectivity index (χ3v) is 2.31. The van der Waals surface area contributed by atoms with Crippen molar-refractivity contribution in [2.24, 2.45) is 0 Å². The van der Waals surface area contributed by atoms with Crippen LogP contribution in [0.3, 0.4) is 0 Å². The number of carboxylic acid groups (broad SMARTS) is 1. The van der Waals surface area contributed by atoms with Gasteiger partial charge in [0, 0.05) is 17.0 Å². The SMILES string of the molecule is CC(C)(S)[C@H](NC(=O)CNCCS)C(=O)O. The molecule has 0 radical (unpaired) electrons. The van der Waals surface area contributed by atoms with Crippen LogP contribution in [0.4, 0.5) is 0 Å². The van der Waals surface area contributed by atoms with E-state index in [0.717, 1.165) is 0 Å². The van der Waals surface area contributed by atoms with E-state index in [9.17, 15) is 9.59 Å². The van der Waals surface area contributed by atoms with Crippen molar-refractivity contribution in [3.05, 3.63) is 0 Å². The molecule has 0 aromatic heterocycles. The van der Waals surface area contributed by atoms with Gasteiger partial charge in [-0.3, -0.25) is 4.79 Å². The predicted octanol–water partition coefficient (Wildman–Crippen LogP) is -0.216. The molecule has 0 aliphatic carbocycles. The van der Waals surface area contributed by atoms with Gasteiger partial charge in [-0.15, -0.1) is 0 Å². The summed E-state index contributed by atoms with van der Waals surface area (Å²) in [5.41, 5.74) is 0. The number of carboxylic acids is 1. The van der Waals surface area contributed by atoms with Crippen molar-refractivity contribution in [1.29, 1.82) is 0 Å². The molecule has 0 bridgehead atoms. The summed E-state index contributed by atoms with van der Waals surface area (Å²) in [7, 11) is 0. The van der Waals surface area contributed by atoms with Crippen molar-refractivity contribution in [3.63, 3.8) is 0 Å². The molecule has 0 saturated carbocycles. The lowest BCUT2D eigenvalue weighted by atomic mass is 10.0. The molecular formula is C9H18N2O3S2. The Balaban J connectivity index is 4.21. The molecule has 0 heterocycles. The van der Waals surface area contributed by atoms with Crippen LogP contribution in [-0.2, 0) is 9.59 Å². The van der Waals surface area contributed by atoms with Crippen LogP contribution in [0.5, 0.6) is 0 Å². The molecule has 16 heavy (non-hydrogen) atoms. The van der Waals surface area contributed by atoms with Crippen LogP contribution in [0, 0.1) is 0 Å². The molecule has 0 aliphatic heterocycles. The fourth-order valence-corrected chi connectivity index (χ4v) is 1.37. The van der Waals surface area contributed by atoms with E-state index >= 15 is 0 Å². The highest BCUT2D eigenvalue weighted by molar-refractivity contribution is 7.81. The topological polar surface area (TPSA) is 78.4 Å². The van der Waals surface area contributed by atoms with E-state index in [1.54, 1.807) is 13.8 Å². The van der Waals surface area contributed by atoms with Gasteiger partial charge in [-0.25, -0.2) is 4.79 Å². The summed E-state index contributed by atoms with van der Waals surface area (Å²) >= 11 is 8.12. The summed E-state index contributed by atoms with van der Waals surface area (Å²) in [6.45, 7) is 3.94. The normalized spacial score (nSPS) is 13.2. The molecule has 0 aromatic carbocycles. The molecule has 0 spiro atoms. The second-order valence-corrected chi connectivity index (χ2v) is 5.49. The summed E-state index contributed by atoms with van der Waals surface area (Å²) in [4.78, 5) is 22.3. The molecule has 0 rings (SSSR count). The maximum Gasteiger partial charge on any atom is 0.327 e. The Kier molecular flexibility index (Phi) is 6.85. The first-order valence-electron chi connectivity index (χ1n) is 4.85. The minimum atomic E-state index is -1.09. The van der Waals surface area contributed by atoms with E-state index in [2.05, 4.69) is 35.9 Å². The van der Waals surface area contributed by atoms with Gasteiger partial charge in [-0.1, -0.05) is 0 Å². The second kappa shape index (κ2) is 7.03. The van der Waals surface area contributed by atoms with Crippen molar-refractivity contribution in [2.75, 3.05) is 18.8 Å². The molecule has 7 heteroatoms. The largest absolute Gasteiger partial charge is 0.480 e. The van der Waals surface area contributed by atoms with Gasteiger partial charge in [0.25, 0.3) is 0 Å². The van der Waals surface area contributed by atoms with Gasteiger partial charge in [-0.2, -0.15) is 25.3 Å². The molecule has 5 nitrogen and oxygen atoms in total. The molecule has 0 unspecified atom stereocenters. The Morgan fingerprint density at radius 2 is 2.00 bits per heavy atom. The zero-order valence-electron chi connectivity index (χ0n) is 9.36. The van der Waals surface area contributed by atoms with Crippen molar-refractivity contribution in [3.8, 4) is 0 Å². The predicted molar refractivity (Wildman–Crippen MR) is 69.4 cm³/mol. The Bertz CT molecular complexity index is 254. The van der Waals surface area contributed by atoms with Crippen molar-refractivity contribution < 1.29 is 14.7 Å². The third kappa shape index (κ3) is 6.24. The maximum atomic E-state index is 11.4. The number of hydrogen-bond donors (Lipinski definition) is 5. The first kappa shape index (κ1) is 15.6. The van der Waals surface area contributed by atoms with E-state index in [0.29, 0.717) is 12.3 Å². The van der Waals surface area contributed by atoms with E-state index < -0.39 is 16.8 Å². The van der Waals surface area contributed by atoms with Gasteiger partial charge in [0.2, 0.25) is 5.91 Å². The number of hydrogen-bond acceptors (Lipinski definition) is 5. The number of carbonyl (C=O) groups excluding carboxylic acids is 1. The number of rotatable bonds is 7. The number of aliphatic carboxylic acids is 1. The molecule has 0 aromatic rings. The maximum absolute atomic E-state index is 11.4. The molecular weight excluding hydrogens is 248 g/mol. The average molecular weight is 266 g/mol. The lowest BCUT2D eigenvalue weighted by Gasteiger charge is -2.26. The number of amides is 1. The van der Waals surface area contributed by atoms with Crippen LogP contribution in [-0.4, -0.2) is 46.6 Å².